The highest BCUT2D eigenvalue weighted by Gasteiger charge is 2.71. The number of rotatable bonds is 5. The van der Waals surface area contributed by atoms with Gasteiger partial charge in [-0.1, -0.05) is 37.3 Å². The van der Waals surface area contributed by atoms with E-state index in [4.69, 9.17) is 0 Å². The molecule has 1 saturated heterocycles. The van der Waals surface area contributed by atoms with Crippen LogP contribution in [0.25, 0.3) is 21.9 Å². The first-order valence-corrected chi connectivity index (χ1v) is 12.0. The van der Waals surface area contributed by atoms with Crippen molar-refractivity contribution in [1.82, 2.24) is 19.7 Å². The summed E-state index contributed by atoms with van der Waals surface area (Å²) in [6.07, 6.45) is 8.40. The van der Waals surface area contributed by atoms with Crippen molar-refractivity contribution in [2.45, 2.75) is 48.2 Å². The zero-order chi connectivity index (χ0) is 23.8. The summed E-state index contributed by atoms with van der Waals surface area (Å²) in [6.45, 7) is 10.1. The molecule has 33 heavy (non-hydrogen) atoms. The molecule has 0 spiro atoms. The number of nitrogens with zero attached hydrogens (tertiary/aromatic N) is 4. The third-order valence-corrected chi connectivity index (χ3v) is 9.08. The molecule has 3 unspecified atom stereocenters. The molecule has 5 rings (SSSR count). The number of hydrogen-bond acceptors (Lipinski definition) is 4. The van der Waals surface area contributed by atoms with E-state index in [1.54, 1.807) is 0 Å². The Hall–Kier alpha value is -2.40. The average Bonchev–Trinajstić information content (AvgIpc) is 3.04. The van der Waals surface area contributed by atoms with Crippen molar-refractivity contribution in [3.8, 4) is 11.1 Å². The molecular weight excluding hydrogens is 402 g/mol. The molecule has 1 saturated carbocycles. The van der Waals surface area contributed by atoms with E-state index in [1.165, 1.54) is 12.8 Å². The van der Waals surface area contributed by atoms with Crippen LogP contribution in [-0.2, 0) is 7.05 Å². The van der Waals surface area contributed by atoms with E-state index < -0.39 is 0 Å². The SMILES string of the molecule is BC1(B)CC2(B)CC2(C)N(CC(=C)Nc2cc3cc(-c4cnn(C)c4)ccc3cn2)C1(B)C. The van der Waals surface area contributed by atoms with Crippen molar-refractivity contribution in [2.24, 2.45) is 7.05 Å². The largest absolute Gasteiger partial charge is 0.343 e. The molecule has 3 aromatic rings. The van der Waals surface area contributed by atoms with Gasteiger partial charge in [0.1, 0.15) is 37.2 Å². The van der Waals surface area contributed by atoms with E-state index >= 15 is 0 Å². The van der Waals surface area contributed by atoms with Crippen molar-refractivity contribution in [2.75, 3.05) is 11.9 Å². The molecule has 3 atom stereocenters. The van der Waals surface area contributed by atoms with Gasteiger partial charge in [-0.2, -0.15) is 5.10 Å². The lowest BCUT2D eigenvalue weighted by Gasteiger charge is -2.59. The summed E-state index contributed by atoms with van der Waals surface area (Å²) in [4.78, 5) is 7.36. The molecule has 3 heterocycles. The van der Waals surface area contributed by atoms with Crippen molar-refractivity contribution >= 4 is 48.0 Å². The van der Waals surface area contributed by atoms with Gasteiger partial charge in [0, 0.05) is 48.2 Å². The Morgan fingerprint density at radius 2 is 1.82 bits per heavy atom. The molecule has 1 aliphatic heterocycles. The fourth-order valence-electron chi connectivity index (χ4n) is 6.31. The Kier molecular flexibility index (Phi) is 4.78. The summed E-state index contributed by atoms with van der Waals surface area (Å²) in [6, 6.07) is 8.57. The summed E-state index contributed by atoms with van der Waals surface area (Å²) >= 11 is 0. The lowest BCUT2D eigenvalue weighted by atomic mass is 9.34. The second kappa shape index (κ2) is 7.05. The van der Waals surface area contributed by atoms with Crippen LogP contribution in [0.4, 0.5) is 5.82 Å². The summed E-state index contributed by atoms with van der Waals surface area (Å²) in [7, 11) is 11.6. The van der Waals surface area contributed by atoms with Crippen LogP contribution in [0.5, 0.6) is 0 Å². The van der Waals surface area contributed by atoms with Gasteiger partial charge in [-0.05, 0) is 47.2 Å². The molecule has 1 aliphatic carbocycles. The third kappa shape index (κ3) is 3.47. The molecule has 9 heteroatoms. The molecule has 1 aromatic carbocycles. The number of likely N-dealkylation sites (tertiary alicyclic amines) is 1. The third-order valence-electron chi connectivity index (χ3n) is 9.08. The molecule has 1 N–H and O–H groups in total. The minimum absolute atomic E-state index is 0.0812. The Balaban J connectivity index is 1.38. The number of aryl methyl sites for hydroxylation is 1. The number of aromatic nitrogens is 3. The summed E-state index contributed by atoms with van der Waals surface area (Å²) < 4.78 is 1.83. The van der Waals surface area contributed by atoms with Crippen LogP contribution in [0.1, 0.15) is 26.7 Å². The van der Waals surface area contributed by atoms with Gasteiger partial charge in [-0.15, -0.1) is 0 Å². The van der Waals surface area contributed by atoms with Gasteiger partial charge in [0.15, 0.2) is 0 Å². The van der Waals surface area contributed by atoms with E-state index in [2.05, 4.69) is 96.4 Å². The van der Waals surface area contributed by atoms with Crippen LogP contribution in [0, 0.1) is 0 Å². The first kappa shape index (κ1) is 22.4. The van der Waals surface area contributed by atoms with Crippen molar-refractivity contribution < 1.29 is 0 Å². The number of piperidine rings is 1. The molecule has 5 nitrogen and oxygen atoms in total. The Bertz CT molecular complexity index is 1270. The van der Waals surface area contributed by atoms with Gasteiger partial charge in [0.25, 0.3) is 0 Å². The zero-order valence-corrected chi connectivity index (χ0v) is 21.2. The van der Waals surface area contributed by atoms with Gasteiger partial charge >= 0.3 is 0 Å². The van der Waals surface area contributed by atoms with Crippen molar-refractivity contribution in [3.05, 3.63) is 55.1 Å². The topological polar surface area (TPSA) is 46.0 Å². The van der Waals surface area contributed by atoms with Crippen LogP contribution in [0.15, 0.2) is 55.1 Å². The number of benzene rings is 1. The highest BCUT2D eigenvalue weighted by molar-refractivity contribution is 6.46. The maximum atomic E-state index is 4.66. The Labute approximate surface area is 201 Å². The molecule has 166 valence electrons. The lowest BCUT2D eigenvalue weighted by Crippen LogP contribution is -2.64. The van der Waals surface area contributed by atoms with Gasteiger partial charge < -0.3 is 5.32 Å². The van der Waals surface area contributed by atoms with Crippen LogP contribution in [0.3, 0.4) is 0 Å². The summed E-state index contributed by atoms with van der Waals surface area (Å²) in [5.74, 6) is 0.841. The predicted octanol–water partition coefficient (Wildman–Crippen LogP) is 0.952. The molecule has 0 bridgehead atoms. The number of fused-ring (bicyclic) bond motifs is 2. The standard InChI is InChI=1S/C24H33B4N5/c1-15(11-33-21(2)13-23(21,26)14-24(27,28)22(33,3)25)31-20-8-18-7-16(5-6-17(18)9-29-20)19-10-30-32(4)12-19/h5-10,12H,1,11,13-14,25-28H2,2-4H3,(H,29,31). The number of nitrogens with one attached hydrogen (secondary N) is 1. The first-order chi connectivity index (χ1) is 15.3. The van der Waals surface area contributed by atoms with Crippen molar-refractivity contribution in [3.63, 3.8) is 0 Å². The van der Waals surface area contributed by atoms with Crippen LogP contribution >= 0.6 is 0 Å². The van der Waals surface area contributed by atoms with E-state index in [-0.39, 0.29) is 16.2 Å². The fraction of sp³-hybridized carbons (Fsp3) is 0.417. The molecule has 0 amide bonds. The van der Waals surface area contributed by atoms with Gasteiger partial charge in [-0.3, -0.25) is 9.58 Å². The highest BCUT2D eigenvalue weighted by Crippen LogP contribution is 2.75. The molecular formula is C24H33B4N5. The highest BCUT2D eigenvalue weighted by atomic mass is 15.3. The van der Waals surface area contributed by atoms with Crippen LogP contribution < -0.4 is 5.32 Å². The Morgan fingerprint density at radius 1 is 1.06 bits per heavy atom. The van der Waals surface area contributed by atoms with E-state index in [0.29, 0.717) is 5.31 Å². The van der Waals surface area contributed by atoms with Crippen molar-refractivity contribution in [1.29, 1.82) is 0 Å². The molecule has 2 aliphatic rings. The summed E-state index contributed by atoms with van der Waals surface area (Å²) in [5.41, 5.74) is 3.58. The van der Waals surface area contributed by atoms with E-state index in [1.807, 2.05) is 30.3 Å². The van der Waals surface area contributed by atoms with Crippen LogP contribution in [-0.4, -0.2) is 68.6 Å². The normalized spacial score (nSPS) is 30.6. The number of hydrogen-bond donors (Lipinski definition) is 1. The fourth-order valence-corrected chi connectivity index (χ4v) is 6.31. The summed E-state index contributed by atoms with van der Waals surface area (Å²) in [5, 5.41) is 10.7. The maximum Gasteiger partial charge on any atom is 0.130 e. The van der Waals surface area contributed by atoms with Crippen LogP contribution in [0.2, 0.25) is 10.5 Å². The lowest BCUT2D eigenvalue weighted by molar-refractivity contribution is 0.0653. The second-order valence-corrected chi connectivity index (χ2v) is 12.0. The zero-order valence-electron chi connectivity index (χ0n) is 21.2. The minimum Gasteiger partial charge on any atom is -0.343 e. The second-order valence-electron chi connectivity index (χ2n) is 12.0. The van der Waals surface area contributed by atoms with Gasteiger partial charge in [-0.25, -0.2) is 4.98 Å². The van der Waals surface area contributed by atoms with Gasteiger partial charge in [0.2, 0.25) is 0 Å². The number of pyridine rings is 1. The average molecular weight is 435 g/mol. The molecule has 2 fully saturated rings. The maximum absolute atomic E-state index is 4.66. The Morgan fingerprint density at radius 3 is 2.52 bits per heavy atom. The number of anilines is 1. The quantitative estimate of drug-likeness (QED) is 0.608. The van der Waals surface area contributed by atoms with E-state index in [0.717, 1.165) is 40.0 Å². The molecule has 2 aromatic heterocycles. The monoisotopic (exact) mass is 435 g/mol. The van der Waals surface area contributed by atoms with Gasteiger partial charge in [0.05, 0.1) is 6.20 Å². The molecule has 0 radical (unpaired) electrons. The smallest absolute Gasteiger partial charge is 0.130 e. The minimum atomic E-state index is 0.0812. The first-order valence-electron chi connectivity index (χ1n) is 12.0. The van der Waals surface area contributed by atoms with E-state index in [9.17, 15) is 0 Å². The predicted molar refractivity (Wildman–Crippen MR) is 149 cm³/mol.